The molecule has 7 heteroatoms. The molecule has 2 aliphatic heterocycles. The smallest absolute Gasteiger partial charge is 0.376 e. The van der Waals surface area contributed by atoms with Crippen molar-refractivity contribution in [3.8, 4) is 5.75 Å². The number of piperidine rings is 1. The molecule has 0 bridgehead atoms. The summed E-state index contributed by atoms with van der Waals surface area (Å²) in [4.78, 5) is 20.6. The van der Waals surface area contributed by atoms with Crippen LogP contribution in [-0.2, 0) is 4.79 Å². The first-order valence-corrected chi connectivity index (χ1v) is 15.4. The minimum Gasteiger partial charge on any atom is -0.493 e. The molecule has 216 valence electrons. The summed E-state index contributed by atoms with van der Waals surface area (Å²) in [6.45, 7) is 13.6. The van der Waals surface area contributed by atoms with Crippen LogP contribution >= 0.6 is 0 Å². The fourth-order valence-electron chi connectivity index (χ4n) is 6.47. The summed E-state index contributed by atoms with van der Waals surface area (Å²) < 4.78 is 6.03. The average Bonchev–Trinajstić information content (AvgIpc) is 3.78. The van der Waals surface area contributed by atoms with Gasteiger partial charge in [-0.25, -0.2) is 0 Å². The van der Waals surface area contributed by atoms with Gasteiger partial charge in [0.1, 0.15) is 5.75 Å². The summed E-state index contributed by atoms with van der Waals surface area (Å²) in [7, 11) is -0.404. The molecule has 0 spiro atoms. The maximum Gasteiger partial charge on any atom is 0.376 e. The normalized spacial score (nSPS) is 22.2. The number of piperazine rings is 1. The lowest BCUT2D eigenvalue weighted by atomic mass is 9.80. The molecule has 1 amide bonds. The Balaban J connectivity index is 1.30. The Kier molecular flexibility index (Phi) is 9.23. The number of nitrogens with zero attached hydrogens (tertiary/aromatic N) is 3. The van der Waals surface area contributed by atoms with Crippen LogP contribution in [0.3, 0.4) is 0 Å². The van der Waals surface area contributed by atoms with Gasteiger partial charge in [-0.15, -0.1) is 0 Å². The van der Waals surface area contributed by atoms with Crippen molar-refractivity contribution in [2.24, 2.45) is 17.3 Å². The lowest BCUT2D eigenvalue weighted by Crippen LogP contribution is -2.60. The number of hydrogen-bond acceptors (Lipinski definition) is 5. The van der Waals surface area contributed by atoms with Gasteiger partial charge < -0.3 is 19.5 Å². The van der Waals surface area contributed by atoms with Crippen LogP contribution in [0.15, 0.2) is 54.6 Å². The molecule has 2 saturated heterocycles. The van der Waals surface area contributed by atoms with Gasteiger partial charge in [-0.05, 0) is 86.1 Å². The number of benzene rings is 2. The van der Waals surface area contributed by atoms with E-state index in [1.807, 2.05) is 6.82 Å². The molecule has 3 fully saturated rings. The molecule has 1 unspecified atom stereocenters. The molecule has 2 heterocycles. The fourth-order valence-corrected chi connectivity index (χ4v) is 6.47. The predicted molar refractivity (Wildman–Crippen MR) is 162 cm³/mol. The Morgan fingerprint density at radius 3 is 2.17 bits per heavy atom. The van der Waals surface area contributed by atoms with Crippen molar-refractivity contribution in [2.45, 2.75) is 71.8 Å². The van der Waals surface area contributed by atoms with Gasteiger partial charge in [-0.2, -0.15) is 0 Å². The third kappa shape index (κ3) is 7.29. The molecule has 3 aliphatic rings. The van der Waals surface area contributed by atoms with Crippen LogP contribution in [-0.4, -0.2) is 78.0 Å². The molecule has 2 aromatic carbocycles. The second-order valence-corrected chi connectivity index (χ2v) is 13.4. The van der Waals surface area contributed by atoms with Gasteiger partial charge in [0.2, 0.25) is 5.91 Å². The van der Waals surface area contributed by atoms with E-state index in [9.17, 15) is 9.82 Å². The van der Waals surface area contributed by atoms with Crippen molar-refractivity contribution in [3.05, 3.63) is 65.7 Å². The number of carbonyl (C=O) groups is 1. The molecular weight excluding hydrogens is 497 g/mol. The van der Waals surface area contributed by atoms with E-state index in [1.54, 1.807) is 0 Å². The van der Waals surface area contributed by atoms with Crippen molar-refractivity contribution in [2.75, 3.05) is 39.3 Å². The molecule has 5 rings (SSSR count). The second kappa shape index (κ2) is 12.7. The van der Waals surface area contributed by atoms with Crippen molar-refractivity contribution < 1.29 is 14.6 Å². The molecule has 0 aromatic heterocycles. The highest BCUT2D eigenvalue weighted by Gasteiger charge is 2.41. The Morgan fingerprint density at radius 1 is 0.925 bits per heavy atom. The zero-order chi connectivity index (χ0) is 28.3. The van der Waals surface area contributed by atoms with Gasteiger partial charge in [0, 0.05) is 32.1 Å². The summed E-state index contributed by atoms with van der Waals surface area (Å²) in [6.07, 6.45) is 5.16. The Hall–Kier alpha value is -2.35. The minimum absolute atomic E-state index is 0.0360. The first-order chi connectivity index (χ1) is 19.2. The Bertz CT molecular complexity index is 1090. The van der Waals surface area contributed by atoms with Crippen LogP contribution < -0.4 is 4.74 Å². The molecule has 1 N–H and O–H groups in total. The Morgan fingerprint density at radius 2 is 1.57 bits per heavy atom. The van der Waals surface area contributed by atoms with Gasteiger partial charge >= 0.3 is 7.05 Å². The largest absolute Gasteiger partial charge is 0.493 e. The van der Waals surface area contributed by atoms with E-state index >= 15 is 0 Å². The van der Waals surface area contributed by atoms with Gasteiger partial charge in [0.25, 0.3) is 0 Å². The van der Waals surface area contributed by atoms with Gasteiger partial charge in [-0.3, -0.25) is 9.69 Å². The molecule has 2 atom stereocenters. The third-order valence-electron chi connectivity index (χ3n) is 9.23. The zero-order valence-electron chi connectivity index (χ0n) is 25.0. The summed E-state index contributed by atoms with van der Waals surface area (Å²) in [6, 6.07) is 19.7. The molecule has 1 aliphatic carbocycles. The highest BCUT2D eigenvalue weighted by molar-refractivity contribution is 6.45. The van der Waals surface area contributed by atoms with Crippen molar-refractivity contribution in [3.63, 3.8) is 0 Å². The maximum absolute atomic E-state index is 13.7. The van der Waals surface area contributed by atoms with E-state index in [4.69, 9.17) is 4.74 Å². The molecular formula is C33H48BN3O3. The second-order valence-electron chi connectivity index (χ2n) is 13.4. The quantitative estimate of drug-likeness (QED) is 0.432. The van der Waals surface area contributed by atoms with Crippen molar-refractivity contribution >= 4 is 13.0 Å². The van der Waals surface area contributed by atoms with Gasteiger partial charge in [0.05, 0.1) is 12.6 Å². The number of rotatable bonds is 9. The van der Waals surface area contributed by atoms with Crippen molar-refractivity contribution in [1.82, 2.24) is 14.6 Å². The summed E-state index contributed by atoms with van der Waals surface area (Å²) in [5.41, 5.74) is 2.51. The zero-order valence-corrected chi connectivity index (χ0v) is 25.0. The van der Waals surface area contributed by atoms with Gasteiger partial charge in [-0.1, -0.05) is 63.2 Å². The lowest BCUT2D eigenvalue weighted by molar-refractivity contribution is -0.141. The number of amides is 1. The minimum atomic E-state index is -0.404. The van der Waals surface area contributed by atoms with Crippen LogP contribution in [0.2, 0.25) is 6.82 Å². The molecule has 6 nitrogen and oxygen atoms in total. The van der Waals surface area contributed by atoms with E-state index in [1.165, 1.54) is 24.0 Å². The highest BCUT2D eigenvalue weighted by atomic mass is 16.5. The standard InChI is InChI=1S/C33H48BN3O3/c1-33(2,3)30-23-35(20-21-37(30)31(38)22-25-16-18-36(19-17-25)34(4)39)32(27-8-6-5-7-9-27)28-12-14-29(15-13-28)40-24-26-10-11-26/h5-9,12-15,25-26,30,32,39H,10-11,16-24H2,1-4H3/t30-,32?/m1/s1. The average molecular weight is 546 g/mol. The van der Waals surface area contributed by atoms with E-state index in [0.29, 0.717) is 18.2 Å². The van der Waals surface area contributed by atoms with E-state index < -0.39 is 7.05 Å². The predicted octanol–water partition coefficient (Wildman–Crippen LogP) is 5.34. The van der Waals surface area contributed by atoms with Crippen LogP contribution in [0, 0.1) is 17.3 Å². The summed E-state index contributed by atoms with van der Waals surface area (Å²) >= 11 is 0. The first kappa shape index (κ1) is 29.2. The van der Waals surface area contributed by atoms with E-state index in [0.717, 1.165) is 63.8 Å². The number of ether oxygens (including phenoxy) is 1. The SMILES string of the molecule is CB(O)N1CCC(CC(=O)N2CCN(C(c3ccccc3)c3ccc(OCC4CC4)cc3)C[C@@H]2C(C)(C)C)CC1. The van der Waals surface area contributed by atoms with Crippen LogP contribution in [0.1, 0.15) is 70.0 Å². The molecule has 2 aromatic rings. The maximum atomic E-state index is 13.7. The summed E-state index contributed by atoms with van der Waals surface area (Å²) in [5, 5.41) is 9.91. The monoisotopic (exact) mass is 545 g/mol. The van der Waals surface area contributed by atoms with Gasteiger partial charge in [0.15, 0.2) is 0 Å². The third-order valence-corrected chi connectivity index (χ3v) is 9.23. The van der Waals surface area contributed by atoms with Crippen molar-refractivity contribution in [1.29, 1.82) is 0 Å². The number of hydrogen-bond donors (Lipinski definition) is 1. The molecule has 40 heavy (non-hydrogen) atoms. The van der Waals surface area contributed by atoms with Crippen LogP contribution in [0.4, 0.5) is 0 Å². The van der Waals surface area contributed by atoms with E-state index in [-0.39, 0.29) is 17.5 Å². The lowest BCUT2D eigenvalue weighted by Gasteiger charge is -2.50. The first-order valence-electron chi connectivity index (χ1n) is 15.4. The topological polar surface area (TPSA) is 56.2 Å². The fraction of sp³-hybridized carbons (Fsp3) is 0.606. The highest BCUT2D eigenvalue weighted by Crippen LogP contribution is 2.37. The Labute approximate surface area is 241 Å². The van der Waals surface area contributed by atoms with E-state index in [2.05, 4.69) is 90.0 Å². The number of carbonyl (C=O) groups excluding carboxylic acids is 1. The molecule has 1 saturated carbocycles. The molecule has 0 radical (unpaired) electrons. The van der Waals surface area contributed by atoms with Crippen LogP contribution in [0.5, 0.6) is 5.75 Å². The summed E-state index contributed by atoms with van der Waals surface area (Å²) in [5.74, 6) is 2.38. The van der Waals surface area contributed by atoms with Crippen LogP contribution in [0.25, 0.3) is 0 Å².